The Hall–Kier alpha value is -1.82. The maximum atomic E-state index is 11.3. The third-order valence-corrected chi connectivity index (χ3v) is 2.90. The van der Waals surface area contributed by atoms with E-state index in [1.807, 2.05) is 19.1 Å². The summed E-state index contributed by atoms with van der Waals surface area (Å²) in [5.41, 5.74) is 3.62. The molecule has 0 aliphatic carbocycles. The van der Waals surface area contributed by atoms with E-state index in [-0.39, 0.29) is 12.4 Å². The van der Waals surface area contributed by atoms with Crippen LogP contribution in [0.2, 0.25) is 0 Å². The normalized spacial score (nSPS) is 9.76. The quantitative estimate of drug-likeness (QED) is 0.748. The predicted octanol–water partition coefficient (Wildman–Crippen LogP) is 2.40. The van der Waals surface area contributed by atoms with Crippen LogP contribution in [0, 0.1) is 11.3 Å². The van der Waals surface area contributed by atoms with Crippen LogP contribution in [0.4, 0.5) is 0 Å². The van der Waals surface area contributed by atoms with Crippen molar-refractivity contribution in [2.45, 2.75) is 33.1 Å². The highest BCUT2D eigenvalue weighted by atomic mass is 16.5. The lowest BCUT2D eigenvalue weighted by atomic mass is 9.92. The van der Waals surface area contributed by atoms with Gasteiger partial charge in [-0.15, -0.1) is 0 Å². The van der Waals surface area contributed by atoms with E-state index in [4.69, 9.17) is 0 Å². The van der Waals surface area contributed by atoms with Crippen LogP contribution in [0.25, 0.3) is 0 Å². The lowest BCUT2D eigenvalue weighted by Gasteiger charge is -2.11. The SMILES string of the molecule is CCc1ccc(CC(=O)OC)c(C#N)c1CC. The Morgan fingerprint density at radius 2 is 1.94 bits per heavy atom. The van der Waals surface area contributed by atoms with E-state index in [1.54, 1.807) is 0 Å². The Kier molecular flexibility index (Phi) is 4.71. The van der Waals surface area contributed by atoms with Crippen LogP contribution in [-0.2, 0) is 28.8 Å². The largest absolute Gasteiger partial charge is 0.469 e. The molecule has 17 heavy (non-hydrogen) atoms. The Morgan fingerprint density at radius 1 is 1.29 bits per heavy atom. The van der Waals surface area contributed by atoms with Gasteiger partial charge in [-0.2, -0.15) is 5.26 Å². The van der Waals surface area contributed by atoms with Gasteiger partial charge in [0, 0.05) is 0 Å². The van der Waals surface area contributed by atoms with Gasteiger partial charge in [-0.25, -0.2) is 0 Å². The summed E-state index contributed by atoms with van der Waals surface area (Å²) >= 11 is 0. The highest BCUT2D eigenvalue weighted by molar-refractivity contribution is 5.74. The van der Waals surface area contributed by atoms with Crippen LogP contribution in [0.3, 0.4) is 0 Å². The van der Waals surface area contributed by atoms with Crippen molar-refractivity contribution in [3.05, 3.63) is 34.4 Å². The predicted molar refractivity (Wildman–Crippen MR) is 65.6 cm³/mol. The van der Waals surface area contributed by atoms with Gasteiger partial charge in [0.25, 0.3) is 0 Å². The fourth-order valence-electron chi connectivity index (χ4n) is 1.99. The third-order valence-electron chi connectivity index (χ3n) is 2.90. The molecule has 1 aromatic carbocycles. The summed E-state index contributed by atoms with van der Waals surface area (Å²) in [7, 11) is 1.36. The molecule has 0 radical (unpaired) electrons. The Morgan fingerprint density at radius 3 is 2.41 bits per heavy atom. The molecule has 0 amide bonds. The molecule has 0 saturated heterocycles. The molecule has 0 saturated carbocycles. The summed E-state index contributed by atoms with van der Waals surface area (Å²) in [6.45, 7) is 4.09. The van der Waals surface area contributed by atoms with E-state index in [0.29, 0.717) is 5.56 Å². The molecule has 0 spiro atoms. The van der Waals surface area contributed by atoms with Crippen molar-refractivity contribution in [1.82, 2.24) is 0 Å². The van der Waals surface area contributed by atoms with Crippen molar-refractivity contribution >= 4 is 5.97 Å². The van der Waals surface area contributed by atoms with E-state index in [1.165, 1.54) is 12.7 Å². The number of carbonyl (C=O) groups excluding carboxylic acids is 1. The highest BCUT2D eigenvalue weighted by Gasteiger charge is 2.13. The van der Waals surface area contributed by atoms with Crippen molar-refractivity contribution in [3.8, 4) is 6.07 Å². The van der Waals surface area contributed by atoms with Crippen LogP contribution in [0.1, 0.15) is 36.1 Å². The lowest BCUT2D eigenvalue weighted by molar-refractivity contribution is -0.139. The molecule has 0 fully saturated rings. The second-order valence-electron chi connectivity index (χ2n) is 3.81. The minimum absolute atomic E-state index is 0.163. The first-order chi connectivity index (χ1) is 8.17. The smallest absolute Gasteiger partial charge is 0.310 e. The second kappa shape index (κ2) is 6.05. The number of aryl methyl sites for hydroxylation is 1. The standard InChI is InChI=1S/C14H17NO2/c1-4-10-6-7-11(8-14(16)17-3)13(9-15)12(10)5-2/h6-7H,4-5,8H2,1-3H3. The van der Waals surface area contributed by atoms with Gasteiger partial charge >= 0.3 is 5.97 Å². The molecule has 3 nitrogen and oxygen atoms in total. The molecule has 0 aliphatic rings. The highest BCUT2D eigenvalue weighted by Crippen LogP contribution is 2.21. The molecule has 1 rings (SSSR count). The molecule has 0 heterocycles. The molecule has 0 aliphatic heterocycles. The first-order valence-corrected chi connectivity index (χ1v) is 5.78. The summed E-state index contributed by atoms with van der Waals surface area (Å²) in [4.78, 5) is 11.3. The molecular formula is C14H17NO2. The Labute approximate surface area is 102 Å². The van der Waals surface area contributed by atoms with Crippen molar-refractivity contribution in [3.63, 3.8) is 0 Å². The van der Waals surface area contributed by atoms with Crippen molar-refractivity contribution in [2.75, 3.05) is 7.11 Å². The number of hydrogen-bond donors (Lipinski definition) is 0. The van der Waals surface area contributed by atoms with Gasteiger partial charge in [-0.05, 0) is 29.5 Å². The molecule has 0 atom stereocenters. The van der Waals surface area contributed by atoms with Crippen LogP contribution >= 0.6 is 0 Å². The van der Waals surface area contributed by atoms with E-state index in [0.717, 1.165) is 24.0 Å². The van der Waals surface area contributed by atoms with Gasteiger partial charge in [-0.1, -0.05) is 26.0 Å². The van der Waals surface area contributed by atoms with Gasteiger partial charge in [0.05, 0.1) is 25.2 Å². The number of ether oxygens (including phenoxy) is 1. The molecule has 0 unspecified atom stereocenters. The number of benzene rings is 1. The zero-order valence-electron chi connectivity index (χ0n) is 10.5. The minimum atomic E-state index is -0.312. The summed E-state index contributed by atoms with van der Waals surface area (Å²) in [5.74, 6) is -0.312. The molecule has 0 aromatic heterocycles. The van der Waals surface area contributed by atoms with E-state index < -0.39 is 0 Å². The van der Waals surface area contributed by atoms with Gasteiger partial charge in [0.1, 0.15) is 0 Å². The Bertz CT molecular complexity index is 458. The topological polar surface area (TPSA) is 50.1 Å². The average Bonchev–Trinajstić information content (AvgIpc) is 2.37. The molecule has 3 heteroatoms. The van der Waals surface area contributed by atoms with Crippen molar-refractivity contribution in [2.24, 2.45) is 0 Å². The number of hydrogen-bond acceptors (Lipinski definition) is 3. The third kappa shape index (κ3) is 2.85. The number of nitrogens with zero attached hydrogens (tertiary/aromatic N) is 1. The summed E-state index contributed by atoms with van der Waals surface area (Å²) in [6, 6.07) is 6.06. The van der Waals surface area contributed by atoms with Crippen LogP contribution < -0.4 is 0 Å². The monoisotopic (exact) mass is 231 g/mol. The van der Waals surface area contributed by atoms with Gasteiger partial charge in [-0.3, -0.25) is 4.79 Å². The van der Waals surface area contributed by atoms with Gasteiger partial charge < -0.3 is 4.74 Å². The molecule has 0 bridgehead atoms. The molecular weight excluding hydrogens is 214 g/mol. The van der Waals surface area contributed by atoms with E-state index >= 15 is 0 Å². The fraction of sp³-hybridized carbons (Fsp3) is 0.429. The summed E-state index contributed by atoms with van der Waals surface area (Å²) in [6.07, 6.45) is 1.87. The zero-order valence-corrected chi connectivity index (χ0v) is 10.5. The second-order valence-corrected chi connectivity index (χ2v) is 3.81. The fourth-order valence-corrected chi connectivity index (χ4v) is 1.99. The molecule has 0 N–H and O–H groups in total. The number of methoxy groups -OCH3 is 1. The van der Waals surface area contributed by atoms with Gasteiger partial charge in [0.15, 0.2) is 0 Å². The minimum Gasteiger partial charge on any atom is -0.469 e. The summed E-state index contributed by atoms with van der Waals surface area (Å²) in [5, 5.41) is 9.23. The van der Waals surface area contributed by atoms with Crippen LogP contribution in [-0.4, -0.2) is 13.1 Å². The number of nitriles is 1. The number of rotatable bonds is 4. The van der Waals surface area contributed by atoms with Crippen LogP contribution in [0.5, 0.6) is 0 Å². The van der Waals surface area contributed by atoms with Crippen LogP contribution in [0.15, 0.2) is 12.1 Å². The average molecular weight is 231 g/mol. The van der Waals surface area contributed by atoms with E-state index in [9.17, 15) is 10.1 Å². The van der Waals surface area contributed by atoms with Crippen molar-refractivity contribution in [1.29, 1.82) is 5.26 Å². The van der Waals surface area contributed by atoms with Gasteiger partial charge in [0.2, 0.25) is 0 Å². The lowest BCUT2D eigenvalue weighted by Crippen LogP contribution is -2.08. The van der Waals surface area contributed by atoms with Crippen molar-refractivity contribution < 1.29 is 9.53 Å². The maximum Gasteiger partial charge on any atom is 0.310 e. The summed E-state index contributed by atoms with van der Waals surface area (Å²) < 4.78 is 4.64. The maximum absolute atomic E-state index is 11.3. The number of carbonyl (C=O) groups is 1. The molecule has 1 aromatic rings. The first kappa shape index (κ1) is 13.2. The molecule has 90 valence electrons. The first-order valence-electron chi connectivity index (χ1n) is 5.78. The zero-order chi connectivity index (χ0) is 12.8. The number of esters is 1. The van der Waals surface area contributed by atoms with E-state index in [2.05, 4.69) is 17.7 Å². The Balaban J connectivity index is 3.24.